The standard InChI is InChI=1S/C12H12N4O2/c1-7-10(6-14-12(13)15-7)16-9-5-3-2-4-8(9)11(17)18/h2-6,16H,1H3,(H,17,18)(H2,13,14,15). The summed E-state index contributed by atoms with van der Waals surface area (Å²) in [7, 11) is 0. The predicted octanol–water partition coefficient (Wildman–Crippen LogP) is 1.81. The second-order valence-electron chi connectivity index (χ2n) is 3.70. The van der Waals surface area contributed by atoms with E-state index in [4.69, 9.17) is 10.8 Å². The molecular formula is C12H12N4O2. The number of nitrogen functional groups attached to an aromatic ring is 1. The van der Waals surface area contributed by atoms with Gasteiger partial charge in [0.15, 0.2) is 0 Å². The molecule has 0 unspecified atom stereocenters. The van der Waals surface area contributed by atoms with Gasteiger partial charge in [-0.15, -0.1) is 0 Å². The van der Waals surface area contributed by atoms with Gasteiger partial charge in [0.2, 0.25) is 5.95 Å². The van der Waals surface area contributed by atoms with Crippen LogP contribution in [0.1, 0.15) is 16.1 Å². The SMILES string of the molecule is Cc1nc(N)ncc1Nc1ccccc1C(=O)O. The maximum Gasteiger partial charge on any atom is 0.337 e. The highest BCUT2D eigenvalue weighted by Gasteiger charge is 2.10. The number of nitrogens with two attached hydrogens (primary N) is 1. The van der Waals surface area contributed by atoms with Crippen LogP contribution in [-0.2, 0) is 0 Å². The number of para-hydroxylation sites is 1. The quantitative estimate of drug-likeness (QED) is 0.761. The third-order valence-corrected chi connectivity index (χ3v) is 2.42. The van der Waals surface area contributed by atoms with Crippen molar-refractivity contribution in [1.82, 2.24) is 9.97 Å². The fourth-order valence-corrected chi connectivity index (χ4v) is 1.53. The molecule has 0 radical (unpaired) electrons. The van der Waals surface area contributed by atoms with E-state index in [1.54, 1.807) is 25.1 Å². The van der Waals surface area contributed by atoms with Gasteiger partial charge in [0.1, 0.15) is 0 Å². The monoisotopic (exact) mass is 244 g/mol. The molecule has 1 heterocycles. The Morgan fingerprint density at radius 3 is 2.72 bits per heavy atom. The van der Waals surface area contributed by atoms with E-state index in [1.165, 1.54) is 12.3 Å². The molecule has 2 rings (SSSR count). The van der Waals surface area contributed by atoms with Gasteiger partial charge in [-0.25, -0.2) is 14.8 Å². The number of anilines is 3. The maximum absolute atomic E-state index is 11.1. The van der Waals surface area contributed by atoms with Crippen LogP contribution in [0.3, 0.4) is 0 Å². The first-order valence-corrected chi connectivity index (χ1v) is 5.26. The molecule has 0 aliphatic heterocycles. The van der Waals surface area contributed by atoms with Crippen molar-refractivity contribution in [1.29, 1.82) is 0 Å². The van der Waals surface area contributed by atoms with Gasteiger partial charge in [0, 0.05) is 0 Å². The molecule has 0 fully saturated rings. The zero-order valence-corrected chi connectivity index (χ0v) is 9.71. The lowest BCUT2D eigenvalue weighted by molar-refractivity contribution is 0.0698. The summed E-state index contributed by atoms with van der Waals surface area (Å²) in [5.41, 5.74) is 7.41. The highest BCUT2D eigenvalue weighted by atomic mass is 16.4. The molecule has 0 saturated carbocycles. The van der Waals surface area contributed by atoms with Crippen LogP contribution in [0.4, 0.5) is 17.3 Å². The van der Waals surface area contributed by atoms with Crippen LogP contribution in [0.15, 0.2) is 30.5 Å². The third-order valence-electron chi connectivity index (χ3n) is 2.42. The van der Waals surface area contributed by atoms with E-state index >= 15 is 0 Å². The number of carboxylic acids is 1. The van der Waals surface area contributed by atoms with Gasteiger partial charge < -0.3 is 16.2 Å². The molecule has 0 saturated heterocycles. The van der Waals surface area contributed by atoms with E-state index in [0.717, 1.165) is 0 Å². The Hall–Kier alpha value is -2.63. The van der Waals surface area contributed by atoms with Crippen LogP contribution < -0.4 is 11.1 Å². The number of nitrogens with zero attached hydrogens (tertiary/aromatic N) is 2. The Labute approximate surface area is 104 Å². The van der Waals surface area contributed by atoms with Crippen molar-refractivity contribution in [2.24, 2.45) is 0 Å². The van der Waals surface area contributed by atoms with Crippen LogP contribution in [0, 0.1) is 6.92 Å². The number of aryl methyl sites for hydroxylation is 1. The molecule has 0 spiro atoms. The topological polar surface area (TPSA) is 101 Å². The van der Waals surface area contributed by atoms with Crippen molar-refractivity contribution in [3.8, 4) is 0 Å². The smallest absolute Gasteiger partial charge is 0.337 e. The molecule has 0 aliphatic rings. The van der Waals surface area contributed by atoms with Gasteiger partial charge in [0.05, 0.1) is 28.8 Å². The van der Waals surface area contributed by atoms with Gasteiger partial charge in [-0.2, -0.15) is 0 Å². The molecule has 0 atom stereocenters. The summed E-state index contributed by atoms with van der Waals surface area (Å²) in [6.07, 6.45) is 1.52. The Morgan fingerprint density at radius 1 is 1.33 bits per heavy atom. The number of aromatic nitrogens is 2. The van der Waals surface area contributed by atoms with Gasteiger partial charge in [0.25, 0.3) is 0 Å². The first kappa shape index (κ1) is 11.8. The zero-order chi connectivity index (χ0) is 13.1. The van der Waals surface area contributed by atoms with Crippen molar-refractivity contribution in [2.75, 3.05) is 11.1 Å². The second-order valence-corrected chi connectivity index (χ2v) is 3.70. The van der Waals surface area contributed by atoms with E-state index < -0.39 is 5.97 Å². The summed E-state index contributed by atoms with van der Waals surface area (Å²) in [4.78, 5) is 18.9. The number of carbonyl (C=O) groups is 1. The fraction of sp³-hybridized carbons (Fsp3) is 0.0833. The molecule has 6 nitrogen and oxygen atoms in total. The average Bonchev–Trinajstić information content (AvgIpc) is 2.33. The summed E-state index contributed by atoms with van der Waals surface area (Å²) < 4.78 is 0. The van der Waals surface area contributed by atoms with E-state index in [0.29, 0.717) is 17.1 Å². The molecule has 2 aromatic rings. The molecule has 6 heteroatoms. The second kappa shape index (κ2) is 4.70. The Kier molecular flexibility index (Phi) is 3.09. The van der Waals surface area contributed by atoms with Gasteiger partial charge in [-0.3, -0.25) is 0 Å². The number of nitrogens with one attached hydrogen (secondary N) is 1. The highest BCUT2D eigenvalue weighted by molar-refractivity contribution is 5.95. The predicted molar refractivity (Wildman–Crippen MR) is 67.9 cm³/mol. The lowest BCUT2D eigenvalue weighted by atomic mass is 10.1. The summed E-state index contributed by atoms with van der Waals surface area (Å²) in [5, 5.41) is 12.1. The minimum atomic E-state index is -0.993. The number of benzene rings is 1. The summed E-state index contributed by atoms with van der Waals surface area (Å²) in [5.74, 6) is -0.809. The minimum Gasteiger partial charge on any atom is -0.478 e. The van der Waals surface area contributed by atoms with Gasteiger partial charge in [-0.05, 0) is 19.1 Å². The van der Waals surface area contributed by atoms with Crippen molar-refractivity contribution < 1.29 is 9.90 Å². The van der Waals surface area contributed by atoms with E-state index in [-0.39, 0.29) is 11.5 Å². The number of carboxylic acid groups (broad SMARTS) is 1. The van der Waals surface area contributed by atoms with Crippen LogP contribution in [0.5, 0.6) is 0 Å². The molecule has 1 aromatic carbocycles. The third kappa shape index (κ3) is 2.37. The lowest BCUT2D eigenvalue weighted by Gasteiger charge is -2.10. The van der Waals surface area contributed by atoms with Crippen LogP contribution in [-0.4, -0.2) is 21.0 Å². The fourth-order valence-electron chi connectivity index (χ4n) is 1.53. The van der Waals surface area contributed by atoms with Gasteiger partial charge in [-0.1, -0.05) is 12.1 Å². The molecule has 1 aromatic heterocycles. The highest BCUT2D eigenvalue weighted by Crippen LogP contribution is 2.22. The molecular weight excluding hydrogens is 232 g/mol. The number of hydrogen-bond acceptors (Lipinski definition) is 5. The lowest BCUT2D eigenvalue weighted by Crippen LogP contribution is -2.05. The summed E-state index contributed by atoms with van der Waals surface area (Å²) in [6, 6.07) is 6.63. The van der Waals surface area contributed by atoms with Crippen LogP contribution in [0.2, 0.25) is 0 Å². The Bertz CT molecular complexity index is 598. The van der Waals surface area contributed by atoms with Crippen LogP contribution >= 0.6 is 0 Å². The van der Waals surface area contributed by atoms with E-state index in [2.05, 4.69) is 15.3 Å². The molecule has 0 amide bonds. The minimum absolute atomic E-state index is 0.185. The molecule has 0 aliphatic carbocycles. The molecule has 18 heavy (non-hydrogen) atoms. The number of hydrogen-bond donors (Lipinski definition) is 3. The van der Waals surface area contributed by atoms with E-state index in [1.807, 2.05) is 0 Å². The normalized spacial score (nSPS) is 10.1. The first-order chi connectivity index (χ1) is 8.58. The molecule has 0 bridgehead atoms. The maximum atomic E-state index is 11.1. The largest absolute Gasteiger partial charge is 0.478 e. The van der Waals surface area contributed by atoms with E-state index in [9.17, 15) is 4.79 Å². The summed E-state index contributed by atoms with van der Waals surface area (Å²) >= 11 is 0. The Balaban J connectivity index is 2.37. The number of aromatic carboxylic acids is 1. The molecule has 4 N–H and O–H groups in total. The van der Waals surface area contributed by atoms with Crippen molar-refractivity contribution in [3.63, 3.8) is 0 Å². The first-order valence-electron chi connectivity index (χ1n) is 5.26. The van der Waals surface area contributed by atoms with Crippen molar-refractivity contribution in [3.05, 3.63) is 41.7 Å². The van der Waals surface area contributed by atoms with Crippen LogP contribution in [0.25, 0.3) is 0 Å². The van der Waals surface area contributed by atoms with Gasteiger partial charge >= 0.3 is 5.97 Å². The Morgan fingerprint density at radius 2 is 2.06 bits per heavy atom. The average molecular weight is 244 g/mol. The summed E-state index contributed by atoms with van der Waals surface area (Å²) in [6.45, 7) is 1.77. The number of rotatable bonds is 3. The zero-order valence-electron chi connectivity index (χ0n) is 9.71. The van der Waals surface area contributed by atoms with Crippen molar-refractivity contribution >= 4 is 23.3 Å². The molecule has 92 valence electrons. The van der Waals surface area contributed by atoms with Crippen molar-refractivity contribution in [2.45, 2.75) is 6.92 Å².